The number of nitrogens with zero attached hydrogens (tertiary/aromatic N) is 1. The van der Waals surface area contributed by atoms with E-state index in [0.717, 1.165) is 0 Å². The quantitative estimate of drug-likeness (QED) is 0.859. The molecule has 0 radical (unpaired) electrons. The van der Waals surface area contributed by atoms with Crippen LogP contribution in [-0.4, -0.2) is 41.6 Å². The molecule has 0 aliphatic carbocycles. The second kappa shape index (κ2) is 6.13. The Morgan fingerprint density at radius 2 is 2.29 bits per heavy atom. The van der Waals surface area contributed by atoms with Gasteiger partial charge in [-0.05, 0) is 20.3 Å². The maximum atomic E-state index is 11.9. The Balaban J connectivity index is 2.28. The molecule has 1 aromatic rings. The van der Waals surface area contributed by atoms with Gasteiger partial charge in [-0.3, -0.25) is 14.3 Å². The molecule has 3 atom stereocenters. The highest BCUT2D eigenvalue weighted by Crippen LogP contribution is 2.32. The van der Waals surface area contributed by atoms with Crippen LogP contribution in [0.4, 0.5) is 0 Å². The summed E-state index contributed by atoms with van der Waals surface area (Å²) in [7, 11) is 1.62. The van der Waals surface area contributed by atoms with Crippen molar-refractivity contribution in [1.29, 1.82) is 0 Å². The molecule has 0 amide bonds. The van der Waals surface area contributed by atoms with Gasteiger partial charge in [-0.2, -0.15) is 0 Å². The molecule has 21 heavy (non-hydrogen) atoms. The molecule has 2 unspecified atom stereocenters. The molecule has 1 fully saturated rings. The monoisotopic (exact) mass is 298 g/mol. The van der Waals surface area contributed by atoms with E-state index in [1.807, 2.05) is 6.92 Å². The number of rotatable bonds is 5. The molecule has 118 valence electrons. The van der Waals surface area contributed by atoms with Crippen LogP contribution in [0.1, 0.15) is 32.1 Å². The molecule has 1 saturated heterocycles. The van der Waals surface area contributed by atoms with E-state index in [0.29, 0.717) is 25.2 Å². The first-order valence-corrected chi connectivity index (χ1v) is 7.04. The topological polar surface area (TPSA) is 82.6 Å². The highest BCUT2D eigenvalue weighted by molar-refractivity contribution is 5.01. The molecule has 1 aromatic heterocycles. The van der Waals surface area contributed by atoms with Crippen molar-refractivity contribution in [3.8, 4) is 0 Å². The Kier molecular flexibility index (Phi) is 4.65. The summed E-state index contributed by atoms with van der Waals surface area (Å²) >= 11 is 0. The minimum atomic E-state index is -0.586. The lowest BCUT2D eigenvalue weighted by atomic mass is 9.96. The van der Waals surface area contributed by atoms with Gasteiger partial charge in [0.05, 0.1) is 13.2 Å². The summed E-state index contributed by atoms with van der Waals surface area (Å²) < 4.78 is 18.4. The number of methoxy groups -OCH3 is 1. The molecule has 0 aromatic carbocycles. The molecule has 7 nitrogen and oxygen atoms in total. The van der Waals surface area contributed by atoms with E-state index in [4.69, 9.17) is 14.2 Å². The number of aromatic nitrogens is 2. The molecular weight excluding hydrogens is 276 g/mol. The van der Waals surface area contributed by atoms with E-state index in [-0.39, 0.29) is 11.7 Å². The summed E-state index contributed by atoms with van der Waals surface area (Å²) in [6, 6.07) is 0. The van der Waals surface area contributed by atoms with Crippen molar-refractivity contribution < 1.29 is 14.2 Å². The Hall–Kier alpha value is -1.44. The SMILES string of the molecule is CC[C@]1(OC(C)n2cc(C)c(=O)[nH]c2=O)COCC1OC. The van der Waals surface area contributed by atoms with E-state index >= 15 is 0 Å². The summed E-state index contributed by atoms with van der Waals surface area (Å²) in [6.07, 6.45) is 1.50. The second-order valence-corrected chi connectivity index (χ2v) is 5.35. The molecule has 0 bridgehead atoms. The lowest BCUT2D eigenvalue weighted by Crippen LogP contribution is -2.47. The Morgan fingerprint density at radius 1 is 1.57 bits per heavy atom. The van der Waals surface area contributed by atoms with Crippen molar-refractivity contribution in [3.63, 3.8) is 0 Å². The average molecular weight is 298 g/mol. The van der Waals surface area contributed by atoms with Crippen LogP contribution in [0.15, 0.2) is 15.8 Å². The first-order chi connectivity index (χ1) is 9.93. The molecular formula is C14H22N2O5. The highest BCUT2D eigenvalue weighted by atomic mass is 16.6. The fourth-order valence-electron chi connectivity index (χ4n) is 2.64. The smallest absolute Gasteiger partial charge is 0.330 e. The van der Waals surface area contributed by atoms with Gasteiger partial charge in [-0.1, -0.05) is 6.92 Å². The van der Waals surface area contributed by atoms with Crippen molar-refractivity contribution in [2.75, 3.05) is 20.3 Å². The van der Waals surface area contributed by atoms with E-state index in [1.54, 1.807) is 21.0 Å². The summed E-state index contributed by atoms with van der Waals surface area (Å²) in [5.41, 5.74) is -0.996. The maximum Gasteiger partial charge on any atom is 0.330 e. The fraction of sp³-hybridized carbons (Fsp3) is 0.714. The van der Waals surface area contributed by atoms with E-state index in [9.17, 15) is 9.59 Å². The highest BCUT2D eigenvalue weighted by Gasteiger charge is 2.45. The number of aryl methyl sites for hydroxylation is 1. The first-order valence-electron chi connectivity index (χ1n) is 7.04. The summed E-state index contributed by atoms with van der Waals surface area (Å²) in [5, 5.41) is 0. The third-order valence-corrected chi connectivity index (χ3v) is 4.03. The number of hydrogen-bond acceptors (Lipinski definition) is 5. The maximum absolute atomic E-state index is 11.9. The number of aromatic amines is 1. The van der Waals surface area contributed by atoms with E-state index < -0.39 is 17.5 Å². The van der Waals surface area contributed by atoms with Crippen LogP contribution in [0.3, 0.4) is 0 Å². The predicted octanol–water partition coefficient (Wildman–Crippen LogP) is 0.574. The third-order valence-electron chi connectivity index (χ3n) is 4.03. The zero-order valence-corrected chi connectivity index (χ0v) is 12.8. The first kappa shape index (κ1) is 15.9. The van der Waals surface area contributed by atoms with Crippen molar-refractivity contribution in [2.24, 2.45) is 0 Å². The minimum absolute atomic E-state index is 0.176. The number of nitrogens with one attached hydrogen (secondary N) is 1. The predicted molar refractivity (Wildman–Crippen MR) is 76.5 cm³/mol. The van der Waals surface area contributed by atoms with Crippen molar-refractivity contribution >= 4 is 0 Å². The van der Waals surface area contributed by atoms with Crippen LogP contribution in [0, 0.1) is 6.92 Å². The summed E-state index contributed by atoms with van der Waals surface area (Å²) in [4.78, 5) is 25.6. The van der Waals surface area contributed by atoms with Crippen molar-refractivity contribution in [1.82, 2.24) is 9.55 Å². The Labute approximate surface area is 122 Å². The molecule has 1 aliphatic heterocycles. The van der Waals surface area contributed by atoms with Crippen molar-refractivity contribution in [3.05, 3.63) is 32.6 Å². The zero-order valence-electron chi connectivity index (χ0n) is 12.8. The Bertz CT molecular complexity index is 608. The van der Waals surface area contributed by atoms with Gasteiger partial charge in [-0.15, -0.1) is 0 Å². The van der Waals surface area contributed by atoms with Crippen molar-refractivity contribution in [2.45, 2.75) is 45.1 Å². The Morgan fingerprint density at radius 3 is 2.90 bits per heavy atom. The molecule has 0 spiro atoms. The van der Waals surface area contributed by atoms with E-state index in [1.165, 1.54) is 10.8 Å². The fourth-order valence-corrected chi connectivity index (χ4v) is 2.64. The van der Waals surface area contributed by atoms with Crippen LogP contribution >= 0.6 is 0 Å². The summed E-state index contributed by atoms with van der Waals surface area (Å²) in [6.45, 7) is 6.30. The third kappa shape index (κ3) is 2.95. The molecule has 2 heterocycles. The zero-order chi connectivity index (χ0) is 15.6. The largest absolute Gasteiger partial charge is 0.376 e. The van der Waals surface area contributed by atoms with E-state index in [2.05, 4.69) is 4.98 Å². The molecule has 7 heteroatoms. The number of ether oxygens (including phenoxy) is 3. The minimum Gasteiger partial charge on any atom is -0.376 e. The normalized spacial score (nSPS) is 27.0. The lowest BCUT2D eigenvalue weighted by Gasteiger charge is -2.35. The van der Waals surface area contributed by atoms with Crippen LogP contribution in [0.25, 0.3) is 0 Å². The summed E-state index contributed by atoms with van der Waals surface area (Å²) in [5.74, 6) is 0. The van der Waals surface area contributed by atoms with Gasteiger partial charge in [0.1, 0.15) is 17.9 Å². The van der Waals surface area contributed by atoms with Gasteiger partial charge in [0, 0.05) is 18.9 Å². The molecule has 2 rings (SSSR count). The number of hydrogen-bond donors (Lipinski definition) is 1. The van der Waals surface area contributed by atoms with Gasteiger partial charge in [-0.25, -0.2) is 4.79 Å². The molecule has 0 saturated carbocycles. The molecule has 1 aliphatic rings. The van der Waals surface area contributed by atoms with Gasteiger partial charge >= 0.3 is 5.69 Å². The van der Waals surface area contributed by atoms with Crippen LogP contribution in [0.2, 0.25) is 0 Å². The molecule has 1 N–H and O–H groups in total. The van der Waals surface area contributed by atoms with Gasteiger partial charge in [0.2, 0.25) is 0 Å². The van der Waals surface area contributed by atoms with Gasteiger partial charge in [0.15, 0.2) is 0 Å². The lowest BCUT2D eigenvalue weighted by molar-refractivity contribution is -0.164. The van der Waals surface area contributed by atoms with Gasteiger partial charge in [0.25, 0.3) is 5.56 Å². The van der Waals surface area contributed by atoms with Crippen LogP contribution in [0.5, 0.6) is 0 Å². The van der Waals surface area contributed by atoms with Gasteiger partial charge < -0.3 is 14.2 Å². The second-order valence-electron chi connectivity index (χ2n) is 5.35. The van der Waals surface area contributed by atoms with Crippen LogP contribution < -0.4 is 11.2 Å². The average Bonchev–Trinajstić information content (AvgIpc) is 2.85. The van der Waals surface area contributed by atoms with Crippen LogP contribution in [-0.2, 0) is 14.2 Å². The standard InChI is InChI=1S/C14H22N2O5/c1-5-14(8-20-7-11(14)19-4)21-10(3)16-6-9(2)12(17)15-13(16)18/h6,10-11H,5,7-8H2,1-4H3,(H,15,17,18)/t10?,11?,14-/m0/s1. The number of H-pyrrole nitrogens is 1.